The lowest BCUT2D eigenvalue weighted by atomic mass is 9.89. The van der Waals surface area contributed by atoms with Crippen LogP contribution in [0.4, 0.5) is 13.2 Å². The first-order chi connectivity index (χ1) is 12.8. The molecular weight excluding hydrogens is 361 g/mol. The number of rotatable bonds is 9. The quantitative estimate of drug-likeness (QED) is 0.496. The summed E-state index contributed by atoms with van der Waals surface area (Å²) in [5.41, 5.74) is -0.116. The van der Waals surface area contributed by atoms with Crippen molar-refractivity contribution >= 4 is 17.8 Å². The summed E-state index contributed by atoms with van der Waals surface area (Å²) in [6.45, 7) is 0. The number of unbranched alkanes of at least 4 members (excludes halogenated alkanes) is 3. The van der Waals surface area contributed by atoms with Crippen molar-refractivity contribution in [1.82, 2.24) is 0 Å². The van der Waals surface area contributed by atoms with Crippen LogP contribution in [0.15, 0.2) is 18.2 Å². The zero-order valence-electron chi connectivity index (χ0n) is 14.8. The van der Waals surface area contributed by atoms with Crippen LogP contribution in [0.2, 0.25) is 0 Å². The van der Waals surface area contributed by atoms with E-state index in [1.165, 1.54) is 6.08 Å². The molecule has 0 saturated heterocycles. The molecule has 0 radical (unpaired) electrons. The number of aliphatic hydroxyl groups is 1. The molecular formula is C20H23F3O4. The number of carboxylic acid groups (broad SMARTS) is 1. The second kappa shape index (κ2) is 9.69. The van der Waals surface area contributed by atoms with Crippen molar-refractivity contribution in [3.63, 3.8) is 0 Å². The van der Waals surface area contributed by atoms with Crippen molar-refractivity contribution in [2.45, 2.75) is 51.0 Å². The van der Waals surface area contributed by atoms with Crippen LogP contribution in [0, 0.1) is 29.3 Å². The van der Waals surface area contributed by atoms with Gasteiger partial charge in [0.15, 0.2) is 17.4 Å². The van der Waals surface area contributed by atoms with E-state index in [4.69, 9.17) is 5.11 Å². The Labute approximate surface area is 155 Å². The molecule has 0 aromatic heterocycles. The van der Waals surface area contributed by atoms with Gasteiger partial charge in [-0.25, -0.2) is 13.2 Å². The van der Waals surface area contributed by atoms with Gasteiger partial charge in [0.05, 0.1) is 0 Å². The van der Waals surface area contributed by atoms with E-state index in [2.05, 4.69) is 0 Å². The van der Waals surface area contributed by atoms with Crippen LogP contribution in [-0.4, -0.2) is 28.1 Å². The third-order valence-electron chi connectivity index (χ3n) is 4.92. The average Bonchev–Trinajstić information content (AvgIpc) is 2.87. The van der Waals surface area contributed by atoms with Gasteiger partial charge in [0.2, 0.25) is 0 Å². The molecule has 3 atom stereocenters. The molecule has 0 heterocycles. The van der Waals surface area contributed by atoms with Gasteiger partial charge in [0, 0.05) is 24.0 Å². The summed E-state index contributed by atoms with van der Waals surface area (Å²) in [5, 5.41) is 18.4. The summed E-state index contributed by atoms with van der Waals surface area (Å²) in [4.78, 5) is 22.6. The normalized spacial score (nSPS) is 22.7. The maximum Gasteiger partial charge on any atom is 0.303 e. The Morgan fingerprint density at radius 3 is 2.44 bits per heavy atom. The largest absolute Gasteiger partial charge is 0.481 e. The predicted octanol–water partition coefficient (Wildman–Crippen LogP) is 4.11. The number of hydrogen-bond acceptors (Lipinski definition) is 3. The zero-order chi connectivity index (χ0) is 20.0. The number of hydrogen-bond donors (Lipinski definition) is 2. The molecule has 0 unspecified atom stereocenters. The van der Waals surface area contributed by atoms with Gasteiger partial charge in [0.25, 0.3) is 0 Å². The first kappa shape index (κ1) is 21.2. The molecule has 2 rings (SSSR count). The van der Waals surface area contributed by atoms with Crippen LogP contribution in [0.25, 0.3) is 6.08 Å². The lowest BCUT2D eigenvalue weighted by Crippen LogP contribution is -2.19. The van der Waals surface area contributed by atoms with Crippen molar-refractivity contribution in [2.75, 3.05) is 0 Å². The highest BCUT2D eigenvalue weighted by atomic mass is 19.2. The minimum atomic E-state index is -1.27. The third kappa shape index (κ3) is 5.92. The second-order valence-corrected chi connectivity index (χ2v) is 6.92. The van der Waals surface area contributed by atoms with Gasteiger partial charge in [-0.05, 0) is 31.2 Å². The molecule has 148 valence electrons. The van der Waals surface area contributed by atoms with Crippen LogP contribution in [0.3, 0.4) is 0 Å². The molecule has 1 aromatic rings. The van der Waals surface area contributed by atoms with Gasteiger partial charge in [-0.15, -0.1) is 0 Å². The third-order valence-corrected chi connectivity index (χ3v) is 4.92. The second-order valence-electron chi connectivity index (χ2n) is 6.92. The lowest BCUT2D eigenvalue weighted by Gasteiger charge is -2.14. The number of aliphatic hydroxyl groups excluding tert-OH is 1. The number of allylic oxidation sites excluding steroid dienone is 1. The van der Waals surface area contributed by atoms with E-state index < -0.39 is 35.4 Å². The molecule has 0 amide bonds. The number of carbonyl (C=O) groups is 2. The molecule has 4 nitrogen and oxygen atoms in total. The Balaban J connectivity index is 1.95. The molecule has 1 aliphatic carbocycles. The predicted molar refractivity (Wildman–Crippen MR) is 93.3 cm³/mol. The highest BCUT2D eigenvalue weighted by Crippen LogP contribution is 2.34. The Morgan fingerprint density at radius 1 is 1.07 bits per heavy atom. The van der Waals surface area contributed by atoms with E-state index in [1.54, 1.807) is 6.08 Å². The topological polar surface area (TPSA) is 74.6 Å². The first-order valence-electron chi connectivity index (χ1n) is 9.06. The fraction of sp³-hybridized carbons (Fsp3) is 0.500. The fourth-order valence-corrected chi connectivity index (χ4v) is 3.45. The van der Waals surface area contributed by atoms with E-state index in [0.29, 0.717) is 25.3 Å². The van der Waals surface area contributed by atoms with Crippen molar-refractivity contribution in [2.24, 2.45) is 11.8 Å². The van der Waals surface area contributed by atoms with E-state index in [1.807, 2.05) is 0 Å². The minimum absolute atomic E-state index is 0.116. The molecule has 0 aliphatic heterocycles. The SMILES string of the molecule is O=C(O)CCCCCC[C@H]1C(=O)[C@H](O)C[C@@H]1C=Cc1cc(F)c(F)cc1F. The zero-order valence-corrected chi connectivity index (χ0v) is 14.8. The van der Waals surface area contributed by atoms with Crippen molar-refractivity contribution in [3.8, 4) is 0 Å². The summed E-state index contributed by atoms with van der Waals surface area (Å²) in [5.74, 6) is -5.14. The van der Waals surface area contributed by atoms with Crippen LogP contribution in [-0.2, 0) is 9.59 Å². The van der Waals surface area contributed by atoms with Crippen LogP contribution < -0.4 is 0 Å². The summed E-state index contributed by atoms with van der Waals surface area (Å²) in [6, 6.07) is 1.23. The molecule has 1 fully saturated rings. The van der Waals surface area contributed by atoms with Crippen molar-refractivity contribution in [3.05, 3.63) is 41.2 Å². The standard InChI is InChI=1S/C20H23F3O4/c21-15-11-17(23)16(22)9-13(15)8-7-12-10-18(24)20(27)14(12)5-3-1-2-4-6-19(25)26/h7-9,11-12,14,18,24H,1-6,10H2,(H,25,26)/t12-,14+,18+/m0/s1. The van der Waals surface area contributed by atoms with Gasteiger partial charge in [0.1, 0.15) is 11.9 Å². The average molecular weight is 384 g/mol. The maximum atomic E-state index is 13.7. The molecule has 0 spiro atoms. The summed E-state index contributed by atoms with van der Waals surface area (Å²) >= 11 is 0. The van der Waals surface area contributed by atoms with Gasteiger partial charge >= 0.3 is 5.97 Å². The van der Waals surface area contributed by atoms with Crippen LogP contribution >= 0.6 is 0 Å². The summed E-state index contributed by atoms with van der Waals surface area (Å²) in [6.07, 6.45) is 5.49. The summed E-state index contributed by atoms with van der Waals surface area (Å²) < 4.78 is 40.0. The van der Waals surface area contributed by atoms with E-state index in [9.17, 15) is 27.9 Å². The number of benzene rings is 1. The lowest BCUT2D eigenvalue weighted by molar-refractivity contribution is -0.137. The Bertz CT molecular complexity index is 717. The van der Waals surface area contributed by atoms with E-state index in [0.717, 1.165) is 18.9 Å². The van der Waals surface area contributed by atoms with Gasteiger partial charge < -0.3 is 10.2 Å². The van der Waals surface area contributed by atoms with Crippen LogP contribution in [0.5, 0.6) is 0 Å². The van der Waals surface area contributed by atoms with Gasteiger partial charge in [-0.1, -0.05) is 31.4 Å². The van der Waals surface area contributed by atoms with Gasteiger partial charge in [-0.2, -0.15) is 0 Å². The monoisotopic (exact) mass is 384 g/mol. The Morgan fingerprint density at radius 2 is 1.74 bits per heavy atom. The Hall–Kier alpha value is -2.15. The molecule has 0 bridgehead atoms. The Kier molecular flexibility index (Phi) is 7.59. The fourth-order valence-electron chi connectivity index (χ4n) is 3.45. The van der Waals surface area contributed by atoms with E-state index in [-0.39, 0.29) is 30.1 Å². The maximum absolute atomic E-state index is 13.7. The minimum Gasteiger partial charge on any atom is -0.481 e. The van der Waals surface area contributed by atoms with Gasteiger partial charge in [-0.3, -0.25) is 9.59 Å². The number of halogens is 3. The molecule has 1 saturated carbocycles. The smallest absolute Gasteiger partial charge is 0.303 e. The molecule has 2 N–H and O–H groups in total. The number of aliphatic carboxylic acids is 1. The van der Waals surface area contributed by atoms with Crippen LogP contribution in [0.1, 0.15) is 50.5 Å². The number of carboxylic acids is 1. The van der Waals surface area contributed by atoms with Crippen molar-refractivity contribution in [1.29, 1.82) is 0 Å². The molecule has 1 aliphatic rings. The van der Waals surface area contributed by atoms with Crippen molar-refractivity contribution < 1.29 is 33.0 Å². The highest BCUT2D eigenvalue weighted by molar-refractivity contribution is 5.88. The number of ketones is 1. The summed E-state index contributed by atoms with van der Waals surface area (Å²) in [7, 11) is 0. The first-order valence-corrected chi connectivity index (χ1v) is 9.06. The molecule has 7 heteroatoms. The number of carbonyl (C=O) groups excluding carboxylic acids is 1. The highest BCUT2D eigenvalue weighted by Gasteiger charge is 2.39. The molecule has 27 heavy (non-hydrogen) atoms. The van der Waals surface area contributed by atoms with E-state index >= 15 is 0 Å². The number of Topliss-reactive ketones (excluding diaryl/α,β-unsaturated/α-hetero) is 1. The molecule has 1 aromatic carbocycles.